The zero-order valence-corrected chi connectivity index (χ0v) is 8.26. The van der Waals surface area contributed by atoms with Crippen molar-refractivity contribution in [3.8, 4) is 6.01 Å². The summed E-state index contributed by atoms with van der Waals surface area (Å²) < 4.78 is 4.72. The molecule has 7 heteroatoms. The number of ether oxygens (including phenoxy) is 1. The van der Waals surface area contributed by atoms with E-state index in [1.54, 1.807) is 0 Å². The molecule has 0 amide bonds. The zero-order chi connectivity index (χ0) is 11.7. The summed E-state index contributed by atoms with van der Waals surface area (Å²) in [5, 5.41) is 10.5. The molecule has 0 unspecified atom stereocenters. The largest absolute Gasteiger partial charge is 0.392 e. The van der Waals surface area contributed by atoms with E-state index in [0.717, 1.165) is 0 Å². The van der Waals surface area contributed by atoms with Crippen molar-refractivity contribution in [1.82, 2.24) is 9.97 Å². The van der Waals surface area contributed by atoms with Crippen molar-refractivity contribution >= 4 is 22.7 Å². The number of aromatic nitrogens is 2. The molecule has 0 aliphatic carbocycles. The molecule has 0 saturated heterocycles. The highest BCUT2D eigenvalue weighted by molar-refractivity contribution is 5.79. The summed E-state index contributed by atoms with van der Waals surface area (Å²) in [5.41, 5.74) is 0.901. The monoisotopic (exact) mass is 221 g/mol. The van der Waals surface area contributed by atoms with Gasteiger partial charge in [-0.25, -0.2) is 0 Å². The Hall–Kier alpha value is -2.44. The summed E-state index contributed by atoms with van der Waals surface area (Å²) in [7, 11) is 0. The van der Waals surface area contributed by atoms with Crippen LogP contribution in [0.1, 0.15) is 6.92 Å². The van der Waals surface area contributed by atoms with E-state index >= 15 is 0 Å². The molecule has 1 aromatic carbocycles. The molecule has 0 spiro atoms. The lowest BCUT2D eigenvalue weighted by Crippen LogP contribution is -2.02. The van der Waals surface area contributed by atoms with Crippen molar-refractivity contribution < 1.29 is 14.5 Å². The van der Waals surface area contributed by atoms with E-state index in [9.17, 15) is 14.9 Å². The molecule has 1 heterocycles. The van der Waals surface area contributed by atoms with Gasteiger partial charge < -0.3 is 9.72 Å². The van der Waals surface area contributed by atoms with Crippen LogP contribution in [-0.2, 0) is 4.79 Å². The highest BCUT2D eigenvalue weighted by atomic mass is 16.6. The maximum Gasteiger partial charge on any atom is 0.310 e. The lowest BCUT2D eigenvalue weighted by Gasteiger charge is -1.91. The van der Waals surface area contributed by atoms with Crippen LogP contribution in [0.2, 0.25) is 0 Å². The Bertz CT molecular complexity index is 575. The van der Waals surface area contributed by atoms with Gasteiger partial charge in [0.1, 0.15) is 0 Å². The molecule has 0 fully saturated rings. The first kappa shape index (κ1) is 10.1. The molecule has 0 saturated carbocycles. The third-order valence-electron chi connectivity index (χ3n) is 1.89. The maximum atomic E-state index is 10.7. The number of aromatic amines is 1. The number of nitrogens with one attached hydrogen (secondary N) is 1. The molecule has 0 aliphatic heterocycles. The van der Waals surface area contributed by atoms with E-state index < -0.39 is 10.9 Å². The Balaban J connectivity index is 2.45. The highest BCUT2D eigenvalue weighted by Gasteiger charge is 2.10. The second kappa shape index (κ2) is 3.61. The minimum absolute atomic E-state index is 0.0306. The summed E-state index contributed by atoms with van der Waals surface area (Å²) in [6.45, 7) is 1.25. The number of nitro benzene ring substituents is 1. The van der Waals surface area contributed by atoms with Crippen molar-refractivity contribution in [3.63, 3.8) is 0 Å². The highest BCUT2D eigenvalue weighted by Crippen LogP contribution is 2.21. The summed E-state index contributed by atoms with van der Waals surface area (Å²) >= 11 is 0. The third kappa shape index (κ3) is 1.83. The number of carbonyl (C=O) groups is 1. The minimum Gasteiger partial charge on any atom is -0.392 e. The number of imidazole rings is 1. The molecule has 1 N–H and O–H groups in total. The van der Waals surface area contributed by atoms with Crippen LogP contribution >= 0.6 is 0 Å². The van der Waals surface area contributed by atoms with Gasteiger partial charge >= 0.3 is 12.0 Å². The zero-order valence-electron chi connectivity index (χ0n) is 8.26. The number of fused-ring (bicyclic) bond motifs is 1. The topological polar surface area (TPSA) is 98.1 Å². The molecule has 0 radical (unpaired) electrons. The van der Waals surface area contributed by atoms with E-state index in [-0.39, 0.29) is 11.7 Å². The summed E-state index contributed by atoms with van der Waals surface area (Å²) in [4.78, 5) is 27.3. The smallest absolute Gasteiger partial charge is 0.310 e. The van der Waals surface area contributed by atoms with Gasteiger partial charge in [0, 0.05) is 19.1 Å². The van der Waals surface area contributed by atoms with Crippen molar-refractivity contribution in [2.45, 2.75) is 6.92 Å². The predicted octanol–water partition coefficient (Wildman–Crippen LogP) is 1.40. The number of esters is 1. The number of nitro groups is 1. The first-order valence-corrected chi connectivity index (χ1v) is 4.39. The van der Waals surface area contributed by atoms with Crippen LogP contribution in [0.25, 0.3) is 11.0 Å². The van der Waals surface area contributed by atoms with Crippen LogP contribution in [0, 0.1) is 10.1 Å². The molecule has 2 aromatic rings. The Labute approximate surface area is 89.2 Å². The Morgan fingerprint density at radius 3 is 2.94 bits per heavy atom. The Morgan fingerprint density at radius 2 is 2.31 bits per heavy atom. The molecule has 0 atom stereocenters. The van der Waals surface area contributed by atoms with Gasteiger partial charge in [0.15, 0.2) is 0 Å². The van der Waals surface area contributed by atoms with Crippen molar-refractivity contribution in [2.75, 3.05) is 0 Å². The standard InChI is InChI=1S/C9H7N3O4/c1-5(13)16-9-10-7-3-2-6(12(14)15)4-8(7)11-9/h2-4H,1H3,(H,10,11). The van der Waals surface area contributed by atoms with Gasteiger partial charge in [0.05, 0.1) is 16.0 Å². The molecular weight excluding hydrogens is 214 g/mol. The van der Waals surface area contributed by atoms with E-state index in [1.165, 1.54) is 25.1 Å². The molecule has 0 aliphatic rings. The van der Waals surface area contributed by atoms with Crippen molar-refractivity contribution in [1.29, 1.82) is 0 Å². The first-order chi connectivity index (χ1) is 7.56. The minimum atomic E-state index is -0.508. The fourth-order valence-corrected chi connectivity index (χ4v) is 1.27. The van der Waals surface area contributed by atoms with Crippen LogP contribution in [0.15, 0.2) is 18.2 Å². The molecule has 1 aromatic heterocycles. The van der Waals surface area contributed by atoms with Crippen LogP contribution < -0.4 is 4.74 Å². The van der Waals surface area contributed by atoms with Crippen LogP contribution in [-0.4, -0.2) is 20.9 Å². The third-order valence-corrected chi connectivity index (χ3v) is 1.89. The van der Waals surface area contributed by atoms with Gasteiger partial charge in [0.25, 0.3) is 5.69 Å². The second-order valence-electron chi connectivity index (χ2n) is 3.09. The second-order valence-corrected chi connectivity index (χ2v) is 3.09. The number of rotatable bonds is 2. The summed E-state index contributed by atoms with van der Waals surface area (Å²) in [6.07, 6.45) is 0. The molecule has 0 bridgehead atoms. The summed E-state index contributed by atoms with van der Waals surface area (Å²) in [5.74, 6) is -0.506. The molecule has 2 rings (SSSR count). The summed E-state index contributed by atoms with van der Waals surface area (Å²) in [6, 6.07) is 4.18. The van der Waals surface area contributed by atoms with Crippen LogP contribution in [0.4, 0.5) is 5.69 Å². The average molecular weight is 221 g/mol. The number of H-pyrrole nitrogens is 1. The Morgan fingerprint density at radius 1 is 1.56 bits per heavy atom. The van der Waals surface area contributed by atoms with Crippen LogP contribution in [0.5, 0.6) is 6.01 Å². The predicted molar refractivity (Wildman–Crippen MR) is 54.1 cm³/mol. The van der Waals surface area contributed by atoms with E-state index in [1.807, 2.05) is 0 Å². The lowest BCUT2D eigenvalue weighted by atomic mass is 10.3. The normalized spacial score (nSPS) is 10.3. The van der Waals surface area contributed by atoms with Gasteiger partial charge in [-0.15, -0.1) is 0 Å². The fraction of sp³-hybridized carbons (Fsp3) is 0.111. The van der Waals surface area contributed by atoms with Gasteiger partial charge in [-0.1, -0.05) is 0 Å². The fourth-order valence-electron chi connectivity index (χ4n) is 1.27. The average Bonchev–Trinajstić information content (AvgIpc) is 2.56. The van der Waals surface area contributed by atoms with E-state index in [0.29, 0.717) is 11.0 Å². The number of nitrogens with zero attached hydrogens (tertiary/aromatic N) is 2. The van der Waals surface area contributed by atoms with Crippen molar-refractivity contribution in [3.05, 3.63) is 28.3 Å². The number of non-ortho nitro benzene ring substituents is 1. The molecule has 7 nitrogen and oxygen atoms in total. The van der Waals surface area contributed by atoms with Crippen LogP contribution in [0.3, 0.4) is 0 Å². The molecular formula is C9H7N3O4. The van der Waals surface area contributed by atoms with Gasteiger partial charge in [-0.05, 0) is 6.07 Å². The van der Waals surface area contributed by atoms with Gasteiger partial charge in [0.2, 0.25) is 0 Å². The van der Waals surface area contributed by atoms with Gasteiger partial charge in [-0.2, -0.15) is 4.98 Å². The SMILES string of the molecule is CC(=O)Oc1nc2ccc([N+](=O)[O-])cc2[nH]1. The number of hydrogen-bond donors (Lipinski definition) is 1. The van der Waals surface area contributed by atoms with Crippen molar-refractivity contribution in [2.24, 2.45) is 0 Å². The number of benzene rings is 1. The Kier molecular flexibility index (Phi) is 2.28. The molecule has 16 heavy (non-hydrogen) atoms. The molecule has 82 valence electrons. The van der Waals surface area contributed by atoms with E-state index in [2.05, 4.69) is 9.97 Å². The quantitative estimate of drug-likeness (QED) is 0.469. The van der Waals surface area contributed by atoms with Gasteiger partial charge in [-0.3, -0.25) is 14.9 Å². The van der Waals surface area contributed by atoms with E-state index in [4.69, 9.17) is 4.74 Å². The lowest BCUT2D eigenvalue weighted by molar-refractivity contribution is -0.384. The number of hydrogen-bond acceptors (Lipinski definition) is 5. The maximum absolute atomic E-state index is 10.7. The first-order valence-electron chi connectivity index (χ1n) is 4.39. The number of carbonyl (C=O) groups excluding carboxylic acids is 1.